The highest BCUT2D eigenvalue weighted by molar-refractivity contribution is 5.83. The van der Waals surface area contributed by atoms with Crippen LogP contribution >= 0.6 is 0 Å². The Labute approximate surface area is 131 Å². The molecule has 2 heteroatoms. The summed E-state index contributed by atoms with van der Waals surface area (Å²) < 4.78 is 5.05. The Balaban J connectivity index is 2.11. The molecule has 0 N–H and O–H groups in total. The van der Waals surface area contributed by atoms with E-state index in [0.717, 1.165) is 29.2 Å². The number of rotatable bonds is 6. The minimum absolute atomic E-state index is 0.459. The first-order valence-corrected chi connectivity index (χ1v) is 6.96. The highest BCUT2D eigenvalue weighted by Crippen LogP contribution is 2.23. The van der Waals surface area contributed by atoms with Crippen LogP contribution in [0.3, 0.4) is 0 Å². The van der Waals surface area contributed by atoms with E-state index in [1.165, 1.54) is 5.56 Å². The lowest BCUT2D eigenvalue weighted by atomic mass is 10.0. The van der Waals surface area contributed by atoms with Crippen molar-refractivity contribution < 1.29 is 9.53 Å². The molecule has 0 spiro atoms. The number of ether oxygens (including phenoxy) is 1. The Morgan fingerprint density at radius 1 is 0.909 bits per heavy atom. The summed E-state index contributed by atoms with van der Waals surface area (Å²) in [5, 5.41) is 0. The van der Waals surface area contributed by atoms with Crippen molar-refractivity contribution in [1.82, 2.24) is 0 Å². The van der Waals surface area contributed by atoms with Gasteiger partial charge in [-0.05, 0) is 35.2 Å². The van der Waals surface area contributed by atoms with Crippen LogP contribution in [0.15, 0.2) is 86.0 Å². The maximum atomic E-state index is 11.1. The maximum Gasteiger partial charge on any atom is 0.335 e. The predicted octanol–water partition coefficient (Wildman–Crippen LogP) is 4.73. The van der Waals surface area contributed by atoms with Gasteiger partial charge in [0.1, 0.15) is 5.75 Å². The molecule has 0 saturated heterocycles. The largest absolute Gasteiger partial charge is 0.423 e. The van der Waals surface area contributed by atoms with Crippen molar-refractivity contribution in [1.29, 1.82) is 0 Å². The molecule has 110 valence electrons. The van der Waals surface area contributed by atoms with E-state index >= 15 is 0 Å². The Morgan fingerprint density at radius 2 is 1.45 bits per heavy atom. The first kappa shape index (κ1) is 15.5. The normalized spacial score (nSPS) is 9.82. The van der Waals surface area contributed by atoms with Crippen LogP contribution in [0, 0.1) is 0 Å². The first-order chi connectivity index (χ1) is 10.6. The third kappa shape index (κ3) is 4.06. The van der Waals surface area contributed by atoms with Crippen LogP contribution in [0.1, 0.15) is 5.56 Å². The molecule has 0 saturated carbocycles. The summed E-state index contributed by atoms with van der Waals surface area (Å²) in [6.07, 6.45) is 3.72. The lowest BCUT2D eigenvalue weighted by Gasteiger charge is -2.06. The number of benzene rings is 2. The number of allylic oxidation sites excluding steroid dienone is 2. The van der Waals surface area contributed by atoms with Crippen molar-refractivity contribution in [2.24, 2.45) is 0 Å². The van der Waals surface area contributed by atoms with E-state index in [2.05, 4.69) is 44.0 Å². The van der Waals surface area contributed by atoms with E-state index in [1.807, 2.05) is 12.1 Å². The van der Waals surface area contributed by atoms with Gasteiger partial charge in [-0.25, -0.2) is 4.79 Å². The molecule has 2 aromatic carbocycles. The average molecular weight is 290 g/mol. The number of carbonyl (C=O) groups excluding carboxylic acids is 1. The van der Waals surface area contributed by atoms with E-state index in [1.54, 1.807) is 18.2 Å². The van der Waals surface area contributed by atoms with Crippen LogP contribution in [0.5, 0.6) is 5.75 Å². The summed E-state index contributed by atoms with van der Waals surface area (Å²) in [5.41, 5.74) is 4.37. The van der Waals surface area contributed by atoms with E-state index in [-0.39, 0.29) is 0 Å². The van der Waals surface area contributed by atoms with Gasteiger partial charge in [0.15, 0.2) is 0 Å². The molecule has 0 fully saturated rings. The first-order valence-electron chi connectivity index (χ1n) is 6.96. The zero-order chi connectivity index (χ0) is 15.9. The van der Waals surface area contributed by atoms with Gasteiger partial charge in [0, 0.05) is 6.08 Å². The van der Waals surface area contributed by atoms with Crippen LogP contribution in [-0.4, -0.2) is 5.97 Å². The van der Waals surface area contributed by atoms with E-state index < -0.39 is 5.97 Å². The number of esters is 1. The van der Waals surface area contributed by atoms with Gasteiger partial charge in [0.25, 0.3) is 0 Å². The molecular weight excluding hydrogens is 272 g/mol. The Kier molecular flexibility index (Phi) is 5.10. The smallest absolute Gasteiger partial charge is 0.335 e. The fourth-order valence-corrected chi connectivity index (χ4v) is 2.02. The molecule has 2 rings (SSSR count). The predicted molar refractivity (Wildman–Crippen MR) is 90.8 cm³/mol. The topological polar surface area (TPSA) is 26.3 Å². The third-order valence-corrected chi connectivity index (χ3v) is 3.25. The molecule has 0 radical (unpaired) electrons. The Bertz CT molecular complexity index is 628. The molecule has 0 aliphatic heterocycles. The van der Waals surface area contributed by atoms with Crippen LogP contribution < -0.4 is 4.74 Å². The average Bonchev–Trinajstić information content (AvgIpc) is 2.56. The fourth-order valence-electron chi connectivity index (χ4n) is 2.02. The molecule has 0 aromatic heterocycles. The minimum atomic E-state index is -0.459. The molecule has 22 heavy (non-hydrogen) atoms. The highest BCUT2D eigenvalue weighted by atomic mass is 16.5. The molecule has 2 nitrogen and oxygen atoms in total. The molecule has 0 atom stereocenters. The van der Waals surface area contributed by atoms with Crippen LogP contribution in [0.4, 0.5) is 0 Å². The second kappa shape index (κ2) is 7.23. The van der Waals surface area contributed by atoms with Gasteiger partial charge in [-0.2, -0.15) is 0 Å². The maximum absolute atomic E-state index is 11.1. The lowest BCUT2D eigenvalue weighted by Crippen LogP contribution is -2.02. The fraction of sp³-hybridized carbons (Fsp3) is 0.0500. The summed E-state index contributed by atoms with van der Waals surface area (Å²) in [4.78, 5) is 11.1. The van der Waals surface area contributed by atoms with Crippen LogP contribution in [0.25, 0.3) is 11.1 Å². The van der Waals surface area contributed by atoms with Gasteiger partial charge in [-0.3, -0.25) is 0 Å². The highest BCUT2D eigenvalue weighted by Gasteiger charge is 2.02. The van der Waals surface area contributed by atoms with E-state index in [0.29, 0.717) is 5.75 Å². The van der Waals surface area contributed by atoms with Crippen molar-refractivity contribution in [2.75, 3.05) is 0 Å². The van der Waals surface area contributed by atoms with Crippen molar-refractivity contribution in [3.05, 3.63) is 91.6 Å². The molecular formula is C20H18O2. The van der Waals surface area contributed by atoms with E-state index in [4.69, 9.17) is 4.74 Å². The van der Waals surface area contributed by atoms with Crippen molar-refractivity contribution >= 4 is 5.97 Å². The zero-order valence-corrected chi connectivity index (χ0v) is 12.4. The van der Waals surface area contributed by atoms with Gasteiger partial charge in [-0.1, -0.05) is 67.8 Å². The number of hydrogen-bond donors (Lipinski definition) is 0. The zero-order valence-electron chi connectivity index (χ0n) is 12.4. The number of hydrogen-bond acceptors (Lipinski definition) is 2. The Morgan fingerprint density at radius 3 is 1.95 bits per heavy atom. The lowest BCUT2D eigenvalue weighted by molar-refractivity contribution is -0.128. The molecule has 0 unspecified atom stereocenters. The molecule has 2 aromatic rings. The van der Waals surface area contributed by atoms with Gasteiger partial charge in [0.05, 0.1) is 0 Å². The van der Waals surface area contributed by atoms with Crippen molar-refractivity contribution in [2.45, 2.75) is 6.42 Å². The molecule has 0 aliphatic carbocycles. The SMILES string of the molecule is C=CC(=C)Cc1ccc(-c2ccc(OC(=O)C=C)cc2)cc1. The van der Waals surface area contributed by atoms with Gasteiger partial charge in [-0.15, -0.1) is 0 Å². The van der Waals surface area contributed by atoms with Gasteiger partial charge >= 0.3 is 5.97 Å². The standard InChI is InChI=1S/C20H18O2/c1-4-15(3)14-16-6-8-17(9-7-16)18-10-12-19(13-11-18)22-20(21)5-2/h4-13H,1-3,14H2. The van der Waals surface area contributed by atoms with Gasteiger partial charge in [0.2, 0.25) is 0 Å². The molecule has 0 heterocycles. The monoisotopic (exact) mass is 290 g/mol. The van der Waals surface area contributed by atoms with Crippen molar-refractivity contribution in [3.63, 3.8) is 0 Å². The summed E-state index contributed by atoms with van der Waals surface area (Å²) >= 11 is 0. The van der Waals surface area contributed by atoms with Crippen molar-refractivity contribution in [3.8, 4) is 16.9 Å². The van der Waals surface area contributed by atoms with Crippen LogP contribution in [-0.2, 0) is 11.2 Å². The second-order valence-electron chi connectivity index (χ2n) is 4.89. The summed E-state index contributed by atoms with van der Waals surface area (Å²) in [5.74, 6) is 0.0482. The summed E-state index contributed by atoms with van der Waals surface area (Å²) in [6.45, 7) is 11.0. The summed E-state index contributed by atoms with van der Waals surface area (Å²) in [6, 6.07) is 15.7. The number of carbonyl (C=O) groups is 1. The minimum Gasteiger partial charge on any atom is -0.423 e. The van der Waals surface area contributed by atoms with Crippen LogP contribution in [0.2, 0.25) is 0 Å². The third-order valence-electron chi connectivity index (χ3n) is 3.25. The van der Waals surface area contributed by atoms with E-state index in [9.17, 15) is 4.79 Å². The Hall–Kier alpha value is -2.87. The quantitative estimate of drug-likeness (QED) is 0.333. The van der Waals surface area contributed by atoms with Gasteiger partial charge < -0.3 is 4.74 Å². The second-order valence-corrected chi connectivity index (χ2v) is 4.89. The molecule has 0 bridgehead atoms. The molecule has 0 aliphatic rings. The molecule has 0 amide bonds. The summed E-state index contributed by atoms with van der Waals surface area (Å²) in [7, 11) is 0.